The molecule has 2 aliphatic heterocycles. The zero-order valence-electron chi connectivity index (χ0n) is 24.0. The summed E-state index contributed by atoms with van der Waals surface area (Å²) in [5.74, 6) is 6.42. The van der Waals surface area contributed by atoms with Gasteiger partial charge in [-0.25, -0.2) is 9.78 Å². The van der Waals surface area contributed by atoms with Gasteiger partial charge in [0, 0.05) is 59.3 Å². The molecule has 3 heterocycles. The van der Waals surface area contributed by atoms with Crippen molar-refractivity contribution in [3.63, 3.8) is 0 Å². The summed E-state index contributed by atoms with van der Waals surface area (Å²) in [5, 5.41) is 9.09. The fourth-order valence-electron chi connectivity index (χ4n) is 4.81. The average Bonchev–Trinajstić information content (AvgIpc) is 3.42. The number of likely N-dealkylation sites (tertiary alicyclic amines) is 1. The van der Waals surface area contributed by atoms with Crippen LogP contribution < -0.4 is 16.0 Å². The van der Waals surface area contributed by atoms with E-state index in [0.717, 1.165) is 42.7 Å². The number of urea groups is 1. The normalized spacial score (nSPS) is 16.8. The number of aryl methyl sites for hydroxylation is 1. The fourth-order valence-corrected chi connectivity index (χ4v) is 5.05. The van der Waals surface area contributed by atoms with Gasteiger partial charge in [0.05, 0.1) is 19.3 Å². The molecule has 2 aliphatic rings. The molecule has 42 heavy (non-hydrogen) atoms. The highest BCUT2D eigenvalue weighted by Gasteiger charge is 2.24. The minimum Gasteiger partial charge on any atom is -0.377 e. The van der Waals surface area contributed by atoms with Gasteiger partial charge in [0.2, 0.25) is 0 Å². The maximum Gasteiger partial charge on any atom is 0.320 e. The van der Waals surface area contributed by atoms with Gasteiger partial charge in [-0.05, 0) is 75.0 Å². The number of hydrogen-bond donors (Lipinski definition) is 3. The number of benzene rings is 2. The molecule has 1 unspecified atom stereocenters. The number of amides is 3. The molecular formula is C32H35ClN6O3. The third-order valence-electron chi connectivity index (χ3n) is 7.50. The quantitative estimate of drug-likeness (QED) is 0.356. The van der Waals surface area contributed by atoms with Crippen LogP contribution in [0.2, 0.25) is 5.02 Å². The van der Waals surface area contributed by atoms with Crippen molar-refractivity contribution in [1.82, 2.24) is 20.1 Å². The molecule has 0 bridgehead atoms. The Morgan fingerprint density at radius 2 is 1.93 bits per heavy atom. The molecule has 0 saturated carbocycles. The minimum absolute atomic E-state index is 0.0380. The van der Waals surface area contributed by atoms with Crippen molar-refractivity contribution in [2.75, 3.05) is 51.0 Å². The molecule has 1 aromatic heterocycles. The van der Waals surface area contributed by atoms with Crippen LogP contribution in [0.4, 0.5) is 16.3 Å². The molecule has 2 fully saturated rings. The Balaban J connectivity index is 1.19. The van der Waals surface area contributed by atoms with Crippen LogP contribution in [0, 0.1) is 18.8 Å². The highest BCUT2D eigenvalue weighted by atomic mass is 35.5. The first-order valence-electron chi connectivity index (χ1n) is 14.0. The SMILES string of the molecule is Cc1ccc(C(=O)Nc2ccc(CN3CCC(N(C)C)C3)c(Cl)c2)cc1C#Cc1ccc(NC(=O)NC2COC2)nc1. The number of anilines is 2. The Kier molecular flexibility index (Phi) is 9.40. The molecular weight excluding hydrogens is 552 g/mol. The summed E-state index contributed by atoms with van der Waals surface area (Å²) in [6.07, 6.45) is 2.75. The number of nitrogens with zero attached hydrogens (tertiary/aromatic N) is 3. The van der Waals surface area contributed by atoms with Crippen LogP contribution in [0.5, 0.6) is 0 Å². The molecule has 0 aliphatic carbocycles. The number of rotatable bonds is 7. The Morgan fingerprint density at radius 1 is 1.10 bits per heavy atom. The summed E-state index contributed by atoms with van der Waals surface area (Å²) in [5.41, 5.74) is 4.56. The summed E-state index contributed by atoms with van der Waals surface area (Å²) in [6.45, 7) is 5.85. The second-order valence-electron chi connectivity index (χ2n) is 10.9. The smallest absolute Gasteiger partial charge is 0.320 e. The van der Waals surface area contributed by atoms with Crippen LogP contribution in [0.15, 0.2) is 54.7 Å². The third kappa shape index (κ3) is 7.66. The van der Waals surface area contributed by atoms with Crippen LogP contribution >= 0.6 is 11.6 Å². The van der Waals surface area contributed by atoms with E-state index in [-0.39, 0.29) is 18.0 Å². The van der Waals surface area contributed by atoms with E-state index < -0.39 is 0 Å². The summed E-state index contributed by atoms with van der Waals surface area (Å²) >= 11 is 6.60. The monoisotopic (exact) mass is 586 g/mol. The molecule has 10 heteroatoms. The maximum atomic E-state index is 13.1. The Morgan fingerprint density at radius 3 is 2.60 bits per heavy atom. The predicted molar refractivity (Wildman–Crippen MR) is 165 cm³/mol. The molecule has 2 saturated heterocycles. The summed E-state index contributed by atoms with van der Waals surface area (Å²) in [4.78, 5) is 34.0. The lowest BCUT2D eigenvalue weighted by Crippen LogP contribution is -2.50. The van der Waals surface area contributed by atoms with Crippen LogP contribution in [-0.4, -0.2) is 79.2 Å². The highest BCUT2D eigenvalue weighted by Crippen LogP contribution is 2.25. The van der Waals surface area contributed by atoms with Gasteiger partial charge in [0.15, 0.2) is 0 Å². The van der Waals surface area contributed by atoms with Gasteiger partial charge in [0.25, 0.3) is 5.91 Å². The fraction of sp³-hybridized carbons (Fsp3) is 0.344. The number of ether oxygens (including phenoxy) is 1. The van der Waals surface area contributed by atoms with Crippen molar-refractivity contribution in [3.8, 4) is 11.8 Å². The molecule has 218 valence electrons. The standard InChI is InChI=1S/C32H35ClN6O3/c1-21-4-7-24(14-23(21)8-5-22-6-11-30(34-16-22)37-32(41)36-27-19-42-20-27)31(40)35-26-10-9-25(29(33)15-26)17-39-13-12-28(18-39)38(2)3/h4,6-7,9-11,14-16,27-28H,12-13,17-20H2,1-3H3,(H,35,40)(H2,34,36,37,41). The van der Waals surface area contributed by atoms with Gasteiger partial charge in [0.1, 0.15) is 5.82 Å². The van der Waals surface area contributed by atoms with E-state index in [4.69, 9.17) is 16.3 Å². The van der Waals surface area contributed by atoms with Gasteiger partial charge < -0.3 is 20.3 Å². The number of pyridine rings is 1. The van der Waals surface area contributed by atoms with Crippen molar-refractivity contribution < 1.29 is 14.3 Å². The van der Waals surface area contributed by atoms with Crippen LogP contribution in [0.1, 0.15) is 39.0 Å². The van der Waals surface area contributed by atoms with E-state index in [1.165, 1.54) is 0 Å². The third-order valence-corrected chi connectivity index (χ3v) is 7.85. The number of carbonyl (C=O) groups is 2. The van der Waals surface area contributed by atoms with Crippen molar-refractivity contribution >= 4 is 35.0 Å². The first kappa shape index (κ1) is 29.5. The van der Waals surface area contributed by atoms with Crippen molar-refractivity contribution in [2.45, 2.75) is 32.0 Å². The van der Waals surface area contributed by atoms with E-state index >= 15 is 0 Å². The second-order valence-corrected chi connectivity index (χ2v) is 11.4. The number of halogens is 1. The molecule has 0 radical (unpaired) electrons. The number of nitrogens with one attached hydrogen (secondary N) is 3. The van der Waals surface area contributed by atoms with Gasteiger partial charge in [-0.1, -0.05) is 35.6 Å². The molecule has 5 rings (SSSR count). The summed E-state index contributed by atoms with van der Waals surface area (Å²) in [7, 11) is 4.24. The lowest BCUT2D eigenvalue weighted by Gasteiger charge is -2.26. The molecule has 0 spiro atoms. The average molecular weight is 587 g/mol. The maximum absolute atomic E-state index is 13.1. The van der Waals surface area contributed by atoms with Gasteiger partial charge in [-0.15, -0.1) is 0 Å². The van der Waals surface area contributed by atoms with Crippen LogP contribution in [-0.2, 0) is 11.3 Å². The van der Waals surface area contributed by atoms with Crippen molar-refractivity contribution in [1.29, 1.82) is 0 Å². The van der Waals surface area contributed by atoms with Gasteiger partial charge in [-0.2, -0.15) is 0 Å². The van der Waals surface area contributed by atoms with E-state index in [2.05, 4.69) is 56.7 Å². The lowest BCUT2D eigenvalue weighted by atomic mass is 10.0. The number of aromatic nitrogens is 1. The van der Waals surface area contributed by atoms with Gasteiger partial charge >= 0.3 is 6.03 Å². The van der Waals surface area contributed by atoms with Crippen molar-refractivity contribution in [2.24, 2.45) is 0 Å². The molecule has 3 N–H and O–H groups in total. The van der Waals surface area contributed by atoms with Crippen LogP contribution in [0.25, 0.3) is 0 Å². The molecule has 3 aromatic rings. The zero-order valence-corrected chi connectivity index (χ0v) is 24.8. The first-order valence-corrected chi connectivity index (χ1v) is 14.3. The second kappa shape index (κ2) is 13.4. The van der Waals surface area contributed by atoms with Crippen LogP contribution in [0.3, 0.4) is 0 Å². The Hall–Kier alpha value is -3.94. The molecule has 2 aromatic carbocycles. The number of hydrogen-bond acceptors (Lipinski definition) is 6. The van der Waals surface area contributed by atoms with E-state index in [1.807, 2.05) is 25.1 Å². The highest BCUT2D eigenvalue weighted by molar-refractivity contribution is 6.31. The lowest BCUT2D eigenvalue weighted by molar-refractivity contribution is 0.000731. The Labute approximate surface area is 251 Å². The first-order chi connectivity index (χ1) is 20.2. The molecule has 1 atom stereocenters. The summed E-state index contributed by atoms with van der Waals surface area (Å²) in [6, 6.07) is 14.9. The van der Waals surface area contributed by atoms with Crippen molar-refractivity contribution in [3.05, 3.63) is 87.6 Å². The Bertz CT molecular complexity index is 1510. The number of carbonyl (C=O) groups excluding carboxylic acids is 2. The van der Waals surface area contributed by atoms with Gasteiger partial charge in [-0.3, -0.25) is 15.0 Å². The topological polar surface area (TPSA) is 98.8 Å². The zero-order chi connectivity index (χ0) is 29.6. The molecule has 9 nitrogen and oxygen atoms in total. The largest absolute Gasteiger partial charge is 0.377 e. The van der Waals surface area contributed by atoms with E-state index in [1.54, 1.807) is 36.5 Å². The van der Waals surface area contributed by atoms with E-state index in [9.17, 15) is 9.59 Å². The molecule has 3 amide bonds. The minimum atomic E-state index is -0.320. The van der Waals surface area contributed by atoms with E-state index in [0.29, 0.717) is 46.9 Å². The summed E-state index contributed by atoms with van der Waals surface area (Å²) < 4.78 is 5.05. The number of likely N-dealkylation sites (N-methyl/N-ethyl adjacent to an activating group) is 1. The predicted octanol–water partition coefficient (Wildman–Crippen LogP) is 4.35.